The second kappa shape index (κ2) is 3.45. The lowest BCUT2D eigenvalue weighted by atomic mass is 10.1. The van der Waals surface area contributed by atoms with Crippen molar-refractivity contribution in [2.24, 2.45) is 0 Å². The molecule has 74 valence electrons. The molecule has 2 heteroatoms. The van der Waals surface area contributed by atoms with Gasteiger partial charge in [-0.1, -0.05) is 26.8 Å². The molecule has 2 rings (SSSR count). The SMILES string of the molecule is CCc1cccc2cc(C(C)C)nn12. The number of aromatic nitrogens is 2. The molecule has 0 fully saturated rings. The van der Waals surface area contributed by atoms with E-state index < -0.39 is 0 Å². The van der Waals surface area contributed by atoms with Gasteiger partial charge in [-0.15, -0.1) is 0 Å². The summed E-state index contributed by atoms with van der Waals surface area (Å²) in [4.78, 5) is 0. The number of aryl methyl sites for hydroxylation is 1. The van der Waals surface area contributed by atoms with E-state index in [-0.39, 0.29) is 0 Å². The summed E-state index contributed by atoms with van der Waals surface area (Å²) < 4.78 is 2.05. The molecule has 2 aromatic heterocycles. The third-order valence-electron chi connectivity index (χ3n) is 2.54. The van der Waals surface area contributed by atoms with Gasteiger partial charge in [-0.05, 0) is 30.5 Å². The summed E-state index contributed by atoms with van der Waals surface area (Å²) in [5.41, 5.74) is 3.65. The Bertz CT molecular complexity index is 441. The Morgan fingerprint density at radius 3 is 2.79 bits per heavy atom. The molecule has 0 amide bonds. The summed E-state index contributed by atoms with van der Waals surface area (Å²) >= 11 is 0. The smallest absolute Gasteiger partial charge is 0.0667 e. The van der Waals surface area contributed by atoms with Gasteiger partial charge in [-0.25, -0.2) is 4.52 Å². The summed E-state index contributed by atoms with van der Waals surface area (Å²) in [7, 11) is 0. The highest BCUT2D eigenvalue weighted by Crippen LogP contribution is 2.16. The highest BCUT2D eigenvalue weighted by atomic mass is 15.2. The quantitative estimate of drug-likeness (QED) is 0.708. The number of pyridine rings is 1. The van der Waals surface area contributed by atoms with Crippen LogP contribution in [0.1, 0.15) is 38.1 Å². The van der Waals surface area contributed by atoms with Crippen LogP contribution in [0.5, 0.6) is 0 Å². The summed E-state index contributed by atoms with van der Waals surface area (Å²) in [5.74, 6) is 0.500. The van der Waals surface area contributed by atoms with Crippen molar-refractivity contribution in [2.45, 2.75) is 33.1 Å². The molecule has 14 heavy (non-hydrogen) atoms. The van der Waals surface area contributed by atoms with E-state index in [1.165, 1.54) is 16.9 Å². The lowest BCUT2D eigenvalue weighted by Gasteiger charge is -2.00. The predicted octanol–water partition coefficient (Wildman–Crippen LogP) is 3.02. The first-order valence-electron chi connectivity index (χ1n) is 5.20. The third-order valence-corrected chi connectivity index (χ3v) is 2.54. The van der Waals surface area contributed by atoms with E-state index in [0.717, 1.165) is 6.42 Å². The average Bonchev–Trinajstić information content (AvgIpc) is 2.60. The van der Waals surface area contributed by atoms with Gasteiger partial charge < -0.3 is 0 Å². The molecule has 0 saturated carbocycles. The normalized spacial score (nSPS) is 11.4. The molecular formula is C12H16N2. The zero-order chi connectivity index (χ0) is 10.1. The molecule has 0 N–H and O–H groups in total. The molecule has 0 unspecified atom stereocenters. The Hall–Kier alpha value is -1.31. The van der Waals surface area contributed by atoms with Gasteiger partial charge >= 0.3 is 0 Å². The van der Waals surface area contributed by atoms with Gasteiger partial charge in [0.25, 0.3) is 0 Å². The standard InChI is InChI=1S/C12H16N2/c1-4-10-6-5-7-11-8-12(9(2)3)13-14(10)11/h5-9H,4H2,1-3H3. The Balaban J connectivity index is 2.64. The summed E-state index contributed by atoms with van der Waals surface area (Å²) in [6.45, 7) is 6.51. The van der Waals surface area contributed by atoms with Crippen LogP contribution in [-0.4, -0.2) is 9.61 Å². The molecule has 0 bridgehead atoms. The van der Waals surface area contributed by atoms with E-state index in [4.69, 9.17) is 0 Å². The van der Waals surface area contributed by atoms with Crippen LogP contribution in [0, 0.1) is 0 Å². The fourth-order valence-corrected chi connectivity index (χ4v) is 1.64. The second-order valence-electron chi connectivity index (χ2n) is 3.93. The maximum absolute atomic E-state index is 4.60. The van der Waals surface area contributed by atoms with Crippen LogP contribution in [0.4, 0.5) is 0 Å². The Morgan fingerprint density at radius 1 is 1.36 bits per heavy atom. The third kappa shape index (κ3) is 1.41. The second-order valence-corrected chi connectivity index (χ2v) is 3.93. The van der Waals surface area contributed by atoms with Crippen molar-refractivity contribution in [1.29, 1.82) is 0 Å². The maximum atomic E-state index is 4.60. The molecule has 0 aromatic carbocycles. The van der Waals surface area contributed by atoms with Crippen molar-refractivity contribution in [3.8, 4) is 0 Å². The topological polar surface area (TPSA) is 17.3 Å². The summed E-state index contributed by atoms with van der Waals surface area (Å²) in [6, 6.07) is 8.51. The Labute approximate surface area is 84.6 Å². The molecule has 2 nitrogen and oxygen atoms in total. The zero-order valence-corrected chi connectivity index (χ0v) is 8.99. The number of hydrogen-bond acceptors (Lipinski definition) is 1. The largest absolute Gasteiger partial charge is 0.238 e. The van der Waals surface area contributed by atoms with Crippen molar-refractivity contribution in [2.75, 3.05) is 0 Å². The molecule has 2 aromatic rings. The minimum atomic E-state index is 0.500. The van der Waals surface area contributed by atoms with Crippen LogP contribution >= 0.6 is 0 Å². The number of rotatable bonds is 2. The predicted molar refractivity (Wildman–Crippen MR) is 58.7 cm³/mol. The minimum absolute atomic E-state index is 0.500. The van der Waals surface area contributed by atoms with Crippen molar-refractivity contribution in [1.82, 2.24) is 9.61 Å². The van der Waals surface area contributed by atoms with E-state index in [2.05, 4.69) is 54.7 Å². The van der Waals surface area contributed by atoms with E-state index >= 15 is 0 Å². The van der Waals surface area contributed by atoms with Crippen LogP contribution in [0.2, 0.25) is 0 Å². The summed E-state index contributed by atoms with van der Waals surface area (Å²) in [5, 5.41) is 4.60. The first-order chi connectivity index (χ1) is 6.72. The molecule has 2 heterocycles. The van der Waals surface area contributed by atoms with Gasteiger partial charge in [-0.3, -0.25) is 0 Å². The van der Waals surface area contributed by atoms with Gasteiger partial charge in [0.05, 0.1) is 11.2 Å². The van der Waals surface area contributed by atoms with Gasteiger partial charge in [-0.2, -0.15) is 5.10 Å². The fourth-order valence-electron chi connectivity index (χ4n) is 1.64. The monoisotopic (exact) mass is 188 g/mol. The van der Waals surface area contributed by atoms with Crippen LogP contribution in [-0.2, 0) is 6.42 Å². The maximum Gasteiger partial charge on any atom is 0.0667 e. The van der Waals surface area contributed by atoms with Crippen molar-refractivity contribution in [3.63, 3.8) is 0 Å². The van der Waals surface area contributed by atoms with Crippen LogP contribution in [0.3, 0.4) is 0 Å². The zero-order valence-electron chi connectivity index (χ0n) is 8.99. The number of nitrogens with zero attached hydrogens (tertiary/aromatic N) is 2. The minimum Gasteiger partial charge on any atom is -0.238 e. The molecule has 0 saturated heterocycles. The van der Waals surface area contributed by atoms with Crippen LogP contribution in [0.25, 0.3) is 5.52 Å². The lowest BCUT2D eigenvalue weighted by Crippen LogP contribution is -1.97. The van der Waals surface area contributed by atoms with Crippen molar-refractivity contribution < 1.29 is 0 Å². The molecule has 0 aliphatic rings. The lowest BCUT2D eigenvalue weighted by molar-refractivity contribution is 0.768. The fraction of sp³-hybridized carbons (Fsp3) is 0.417. The first kappa shape index (κ1) is 9.25. The molecule has 0 atom stereocenters. The Morgan fingerprint density at radius 2 is 2.14 bits per heavy atom. The van der Waals surface area contributed by atoms with Crippen molar-refractivity contribution >= 4 is 5.52 Å². The van der Waals surface area contributed by atoms with E-state index in [9.17, 15) is 0 Å². The highest BCUT2D eigenvalue weighted by molar-refractivity contribution is 5.49. The van der Waals surface area contributed by atoms with Gasteiger partial charge in [0.15, 0.2) is 0 Å². The first-order valence-corrected chi connectivity index (χ1v) is 5.20. The molecule has 0 aliphatic heterocycles. The van der Waals surface area contributed by atoms with E-state index in [1.54, 1.807) is 0 Å². The molecule has 0 spiro atoms. The molecular weight excluding hydrogens is 172 g/mol. The van der Waals surface area contributed by atoms with Gasteiger partial charge in [0, 0.05) is 5.69 Å². The van der Waals surface area contributed by atoms with Crippen molar-refractivity contribution in [3.05, 3.63) is 35.7 Å². The highest BCUT2D eigenvalue weighted by Gasteiger charge is 2.06. The number of fused-ring (bicyclic) bond motifs is 1. The summed E-state index contributed by atoms with van der Waals surface area (Å²) in [6.07, 6.45) is 1.02. The van der Waals surface area contributed by atoms with Gasteiger partial charge in [0.2, 0.25) is 0 Å². The van der Waals surface area contributed by atoms with E-state index in [1.807, 2.05) is 0 Å². The average molecular weight is 188 g/mol. The Kier molecular flexibility index (Phi) is 2.28. The molecule has 0 aliphatic carbocycles. The van der Waals surface area contributed by atoms with Crippen LogP contribution < -0.4 is 0 Å². The van der Waals surface area contributed by atoms with Gasteiger partial charge in [0.1, 0.15) is 0 Å². The molecule has 0 radical (unpaired) electrons. The number of hydrogen-bond donors (Lipinski definition) is 0. The van der Waals surface area contributed by atoms with E-state index in [0.29, 0.717) is 5.92 Å². The van der Waals surface area contributed by atoms with Crippen LogP contribution in [0.15, 0.2) is 24.3 Å².